The Morgan fingerprint density at radius 1 is 0.491 bits per heavy atom. The third-order valence-electron chi connectivity index (χ3n) is 8.20. The topological polar surface area (TPSA) is 117 Å². The first-order chi connectivity index (χ1) is 27.8. The van der Waals surface area contributed by atoms with E-state index in [1.807, 2.05) is 0 Å². The molecule has 0 bridgehead atoms. The van der Waals surface area contributed by atoms with Gasteiger partial charge in [0.25, 0.3) is 17.7 Å². The van der Waals surface area contributed by atoms with Gasteiger partial charge in [0.1, 0.15) is 17.5 Å². The fourth-order valence-electron chi connectivity index (χ4n) is 5.41. The molecule has 3 aromatic heterocycles. The lowest BCUT2D eigenvalue weighted by molar-refractivity contribution is 0.429. The van der Waals surface area contributed by atoms with Gasteiger partial charge in [-0.3, -0.25) is 0 Å². The molecule has 0 aliphatic rings. The summed E-state index contributed by atoms with van der Waals surface area (Å²) in [7, 11) is 0. The van der Waals surface area contributed by atoms with Crippen molar-refractivity contribution in [3.63, 3.8) is 0 Å². The maximum atomic E-state index is 14.6. The SMILES string of the molecule is CC#Cc1cc(-c2noc(-c3cc(-c4nc(-c5ccc(F)c(C#CCCCCl)c5)no4)cc(-c4nc(-c5ccc(F)c(C#CCCCCl)c5)no4)c3)n2)ccc1F. The van der Waals surface area contributed by atoms with Gasteiger partial charge < -0.3 is 13.6 Å². The second kappa shape index (κ2) is 17.9. The summed E-state index contributed by atoms with van der Waals surface area (Å²) in [5, 5.41) is 12.4. The van der Waals surface area contributed by atoms with Gasteiger partial charge in [-0.05, 0) is 92.6 Å². The first-order valence-corrected chi connectivity index (χ1v) is 18.5. The van der Waals surface area contributed by atoms with E-state index in [0.717, 1.165) is 0 Å². The van der Waals surface area contributed by atoms with E-state index >= 15 is 0 Å². The first-order valence-electron chi connectivity index (χ1n) is 17.4. The molecule has 7 aromatic rings. The summed E-state index contributed by atoms with van der Waals surface area (Å²) >= 11 is 11.5. The van der Waals surface area contributed by atoms with Crippen molar-refractivity contribution in [1.82, 2.24) is 30.4 Å². The Kier molecular flexibility index (Phi) is 12.1. The molecule has 0 saturated carbocycles. The van der Waals surface area contributed by atoms with Crippen molar-refractivity contribution in [2.75, 3.05) is 11.8 Å². The highest BCUT2D eigenvalue weighted by molar-refractivity contribution is 6.18. The Hall–Kier alpha value is -6.65. The number of rotatable bonds is 10. The molecule has 0 spiro atoms. The molecule has 0 unspecified atom stereocenters. The molecule has 3 heterocycles. The highest BCUT2D eigenvalue weighted by atomic mass is 35.5. The molecule has 57 heavy (non-hydrogen) atoms. The van der Waals surface area contributed by atoms with Crippen molar-refractivity contribution < 1.29 is 26.7 Å². The van der Waals surface area contributed by atoms with E-state index in [1.165, 1.54) is 42.5 Å². The van der Waals surface area contributed by atoms with Crippen LogP contribution >= 0.6 is 23.2 Å². The van der Waals surface area contributed by atoms with Gasteiger partial charge in [-0.2, -0.15) is 15.0 Å². The molecule has 0 aliphatic carbocycles. The van der Waals surface area contributed by atoms with Crippen LogP contribution in [0.5, 0.6) is 0 Å². The average Bonchev–Trinajstić information content (AvgIpc) is 4.03. The summed E-state index contributed by atoms with van der Waals surface area (Å²) in [6.45, 7) is 1.61. The number of unbranched alkanes of at least 4 members (excludes halogenated alkanes) is 2. The van der Waals surface area contributed by atoms with Crippen LogP contribution in [0.2, 0.25) is 0 Å². The first kappa shape index (κ1) is 38.6. The third-order valence-corrected chi connectivity index (χ3v) is 8.74. The summed E-state index contributed by atoms with van der Waals surface area (Å²) in [5.41, 5.74) is 3.19. The Bertz CT molecular complexity index is 2650. The summed E-state index contributed by atoms with van der Waals surface area (Å²) in [4.78, 5) is 13.8. The fraction of sp³-hybridized carbons (Fsp3) is 0.163. The smallest absolute Gasteiger partial charge is 0.258 e. The van der Waals surface area contributed by atoms with Gasteiger partial charge in [0.2, 0.25) is 17.5 Å². The van der Waals surface area contributed by atoms with Crippen molar-refractivity contribution in [2.45, 2.75) is 32.6 Å². The quantitative estimate of drug-likeness (QED) is 0.0757. The minimum absolute atomic E-state index is 0.0869. The van der Waals surface area contributed by atoms with Crippen LogP contribution in [0, 0.1) is 53.0 Å². The number of hydrogen-bond donors (Lipinski definition) is 0. The Balaban J connectivity index is 1.27. The molecule has 0 saturated heterocycles. The number of aromatic nitrogens is 6. The Morgan fingerprint density at radius 2 is 0.842 bits per heavy atom. The summed E-state index contributed by atoms with van der Waals surface area (Å²) in [5.74, 6) is 17.2. The largest absolute Gasteiger partial charge is 0.334 e. The molecule has 9 nitrogen and oxygen atoms in total. The number of halogens is 5. The molecule has 0 fully saturated rings. The zero-order chi connectivity index (χ0) is 39.7. The summed E-state index contributed by atoms with van der Waals surface area (Å²) in [6, 6.07) is 18.1. The van der Waals surface area contributed by atoms with E-state index in [1.54, 1.807) is 37.3 Å². The minimum atomic E-state index is -0.488. The molecule has 282 valence electrons. The summed E-state index contributed by atoms with van der Waals surface area (Å²) < 4.78 is 60.6. The average molecular weight is 804 g/mol. The van der Waals surface area contributed by atoms with Gasteiger partial charge in [-0.25, -0.2) is 13.2 Å². The zero-order valence-electron chi connectivity index (χ0n) is 30.0. The number of benzene rings is 4. The minimum Gasteiger partial charge on any atom is -0.334 e. The molecule has 0 aliphatic heterocycles. The van der Waals surface area contributed by atoms with Gasteiger partial charge >= 0.3 is 0 Å². The molecular weight excluding hydrogens is 776 g/mol. The zero-order valence-corrected chi connectivity index (χ0v) is 31.5. The standard InChI is InChI=1S/C43H27Cl2F3N6O3/c1-2-9-26-20-29(12-15-35(26)46)38-49-41(55-52-38)32-23-33(42-50-39(53-56-42)30-13-16-36(47)27(21-30)10-5-3-7-18-44)25-34(24-32)43-51-40(54-57-43)31-14-17-37(48)28(22-31)11-6-4-8-19-45/h12-17,20-25H,3-4,7-8,18-19H2,1H3. The van der Waals surface area contributed by atoms with Crippen LogP contribution in [0.4, 0.5) is 13.2 Å². The van der Waals surface area contributed by atoms with E-state index in [2.05, 4.69) is 65.9 Å². The van der Waals surface area contributed by atoms with Crippen LogP contribution in [0.15, 0.2) is 86.4 Å². The number of alkyl halides is 2. The third kappa shape index (κ3) is 9.09. The van der Waals surface area contributed by atoms with E-state index in [9.17, 15) is 13.2 Å². The van der Waals surface area contributed by atoms with E-state index in [0.29, 0.717) is 70.8 Å². The monoisotopic (exact) mass is 802 g/mol. The van der Waals surface area contributed by atoms with E-state index < -0.39 is 17.5 Å². The van der Waals surface area contributed by atoms with Crippen molar-refractivity contribution in [3.05, 3.63) is 107 Å². The van der Waals surface area contributed by atoms with Gasteiger partial charge in [0.15, 0.2) is 0 Å². The van der Waals surface area contributed by atoms with E-state index in [4.69, 9.17) is 36.8 Å². The molecule has 7 rings (SSSR count). The Labute approximate surface area is 334 Å². The summed E-state index contributed by atoms with van der Waals surface area (Å²) in [6.07, 6.45) is 2.41. The maximum absolute atomic E-state index is 14.6. The highest BCUT2D eigenvalue weighted by Gasteiger charge is 2.21. The van der Waals surface area contributed by atoms with Gasteiger partial charge in [0, 0.05) is 58.0 Å². The van der Waals surface area contributed by atoms with Crippen LogP contribution in [-0.4, -0.2) is 42.2 Å². The van der Waals surface area contributed by atoms with Crippen molar-refractivity contribution in [3.8, 4) is 104 Å². The second-order valence-corrected chi connectivity index (χ2v) is 13.0. The van der Waals surface area contributed by atoms with Gasteiger partial charge in [-0.1, -0.05) is 45.1 Å². The number of nitrogens with zero attached hydrogens (tertiary/aromatic N) is 6. The molecule has 0 radical (unpaired) electrons. The molecule has 14 heteroatoms. The van der Waals surface area contributed by atoms with Gasteiger partial charge in [-0.15, -0.1) is 29.1 Å². The van der Waals surface area contributed by atoms with E-state index in [-0.39, 0.29) is 51.8 Å². The predicted molar refractivity (Wildman–Crippen MR) is 209 cm³/mol. The molecule has 4 aromatic carbocycles. The molecular formula is C43H27Cl2F3N6O3. The molecule has 0 atom stereocenters. The predicted octanol–water partition coefficient (Wildman–Crippen LogP) is 10.4. The van der Waals surface area contributed by atoms with Crippen molar-refractivity contribution in [2.24, 2.45) is 0 Å². The van der Waals surface area contributed by atoms with Gasteiger partial charge in [0.05, 0.1) is 16.7 Å². The van der Waals surface area contributed by atoms with Crippen LogP contribution < -0.4 is 0 Å². The van der Waals surface area contributed by atoms with Crippen LogP contribution in [0.25, 0.3) is 68.5 Å². The van der Waals surface area contributed by atoms with Crippen molar-refractivity contribution >= 4 is 23.2 Å². The van der Waals surface area contributed by atoms with Crippen LogP contribution in [-0.2, 0) is 0 Å². The normalized spacial score (nSPS) is 10.6. The maximum Gasteiger partial charge on any atom is 0.258 e. The molecule has 0 amide bonds. The highest BCUT2D eigenvalue weighted by Crippen LogP contribution is 2.34. The lowest BCUT2D eigenvalue weighted by Crippen LogP contribution is -1.90. The fourth-order valence-corrected chi connectivity index (χ4v) is 5.68. The van der Waals surface area contributed by atoms with Crippen molar-refractivity contribution in [1.29, 1.82) is 0 Å². The second-order valence-electron chi connectivity index (χ2n) is 12.2. The van der Waals surface area contributed by atoms with Crippen LogP contribution in [0.3, 0.4) is 0 Å². The number of hydrogen-bond acceptors (Lipinski definition) is 9. The molecule has 0 N–H and O–H groups in total. The lowest BCUT2D eigenvalue weighted by Gasteiger charge is -2.03. The Morgan fingerprint density at radius 3 is 1.18 bits per heavy atom. The lowest BCUT2D eigenvalue weighted by atomic mass is 10.0. The van der Waals surface area contributed by atoms with Crippen LogP contribution in [0.1, 0.15) is 49.3 Å².